The van der Waals surface area contributed by atoms with Gasteiger partial charge in [0.05, 0.1) is 5.57 Å². The van der Waals surface area contributed by atoms with Crippen LogP contribution in [-0.4, -0.2) is 22.6 Å². The van der Waals surface area contributed by atoms with Crippen molar-refractivity contribution in [3.05, 3.63) is 77.0 Å². The van der Waals surface area contributed by atoms with Crippen LogP contribution >= 0.6 is 0 Å². The third kappa shape index (κ3) is 4.11. The molecule has 2 N–H and O–H groups in total. The molecular weight excluding hydrogens is 468 g/mol. The van der Waals surface area contributed by atoms with Crippen LogP contribution in [0.15, 0.2) is 60.4 Å². The summed E-state index contributed by atoms with van der Waals surface area (Å²) in [5.74, 6) is 2.97. The number of Topliss-reactive ketones (excluding diaryl/α,β-unsaturated/α-hetero) is 1. The molecule has 0 spiro atoms. The first-order chi connectivity index (χ1) is 18.5. The van der Waals surface area contributed by atoms with Gasteiger partial charge in [-0.05, 0) is 132 Å². The Bertz CT molecular complexity index is 1410. The minimum absolute atomic E-state index is 0.0446. The van der Waals surface area contributed by atoms with Gasteiger partial charge < -0.3 is 10.2 Å². The van der Waals surface area contributed by atoms with E-state index in [2.05, 4.69) is 42.5 Å². The Labute approximate surface area is 225 Å². The molecule has 8 rings (SSSR count). The van der Waals surface area contributed by atoms with Crippen LogP contribution < -0.4 is 0 Å². The van der Waals surface area contributed by atoms with E-state index in [1.54, 1.807) is 5.56 Å². The molecule has 3 heteroatoms. The number of aliphatic hydroxyl groups is 2. The fourth-order valence-electron chi connectivity index (χ4n) is 8.91. The molecule has 3 aromatic rings. The summed E-state index contributed by atoms with van der Waals surface area (Å²) >= 11 is 0. The lowest BCUT2D eigenvalue weighted by atomic mass is 9.47. The highest BCUT2D eigenvalue weighted by Crippen LogP contribution is 2.61. The summed E-state index contributed by atoms with van der Waals surface area (Å²) in [4.78, 5) is 12.5. The molecule has 0 amide bonds. The molecule has 4 bridgehead atoms. The number of hydrogen-bond acceptors (Lipinski definition) is 3. The second-order valence-corrected chi connectivity index (χ2v) is 12.8. The fourth-order valence-corrected chi connectivity index (χ4v) is 8.91. The highest BCUT2D eigenvalue weighted by Gasteiger charge is 2.52. The van der Waals surface area contributed by atoms with Gasteiger partial charge in [0.2, 0.25) is 0 Å². The maximum absolute atomic E-state index is 12.5. The zero-order valence-corrected chi connectivity index (χ0v) is 22.2. The Hall–Kier alpha value is -2.91. The van der Waals surface area contributed by atoms with Crippen LogP contribution in [0.3, 0.4) is 0 Å². The molecule has 3 nitrogen and oxygen atoms in total. The van der Waals surface area contributed by atoms with Gasteiger partial charge in [-0.15, -0.1) is 0 Å². The normalized spacial score (nSPS) is 28.4. The van der Waals surface area contributed by atoms with E-state index in [0.29, 0.717) is 23.8 Å². The Morgan fingerprint density at radius 1 is 0.763 bits per heavy atom. The number of benzene rings is 3. The largest absolute Gasteiger partial charge is 0.512 e. The van der Waals surface area contributed by atoms with Crippen molar-refractivity contribution >= 4 is 22.1 Å². The molecule has 4 saturated carbocycles. The van der Waals surface area contributed by atoms with Crippen LogP contribution in [-0.2, 0) is 16.6 Å². The zero-order chi connectivity index (χ0) is 25.9. The first kappa shape index (κ1) is 24.2. The monoisotopic (exact) mass is 506 g/mol. The van der Waals surface area contributed by atoms with Crippen molar-refractivity contribution in [3.8, 4) is 11.1 Å². The van der Waals surface area contributed by atoms with Crippen LogP contribution in [0.4, 0.5) is 0 Å². The SMILES string of the molecule is O=C1CCCC(O)=C1c1ccc2cc(-c3ccc(CCCO)c(C45CC6CC(CC(C6)C4)C5)c3)ccc2c1. The van der Waals surface area contributed by atoms with Crippen molar-refractivity contribution < 1.29 is 15.0 Å². The number of carbonyl (C=O) groups excluding carboxylic acids is 1. The maximum Gasteiger partial charge on any atom is 0.166 e. The van der Waals surface area contributed by atoms with E-state index in [-0.39, 0.29) is 18.1 Å². The molecule has 0 saturated heterocycles. The summed E-state index contributed by atoms with van der Waals surface area (Å²) in [5.41, 5.74) is 7.16. The molecule has 0 aliphatic heterocycles. The Balaban J connectivity index is 1.27. The predicted molar refractivity (Wildman–Crippen MR) is 153 cm³/mol. The molecule has 196 valence electrons. The Morgan fingerprint density at radius 2 is 1.37 bits per heavy atom. The standard InChI is InChI=1S/C35H38O3/c36-12-2-3-25-6-7-29(18-31(25)35-19-22-13-23(20-35)15-24(14-22)21-35)27-8-9-28-17-30(11-10-26(28)16-27)34-32(37)4-1-5-33(34)38/h6-11,16-18,22-24,36-37H,1-5,12-15,19-21H2. The molecule has 0 radical (unpaired) electrons. The van der Waals surface area contributed by atoms with Crippen molar-refractivity contribution in [1.82, 2.24) is 0 Å². The van der Waals surface area contributed by atoms with E-state index in [1.165, 1.54) is 55.2 Å². The van der Waals surface area contributed by atoms with E-state index in [0.717, 1.165) is 53.4 Å². The van der Waals surface area contributed by atoms with Crippen molar-refractivity contribution in [2.75, 3.05) is 6.61 Å². The van der Waals surface area contributed by atoms with Gasteiger partial charge in [-0.3, -0.25) is 4.79 Å². The summed E-state index contributed by atoms with van der Waals surface area (Å²) in [5, 5.41) is 22.2. The minimum Gasteiger partial charge on any atom is -0.512 e. The molecule has 4 fully saturated rings. The highest BCUT2D eigenvalue weighted by atomic mass is 16.3. The first-order valence-electron chi connectivity index (χ1n) is 14.8. The Kier molecular flexibility index (Phi) is 5.96. The number of fused-ring (bicyclic) bond motifs is 1. The lowest BCUT2D eigenvalue weighted by molar-refractivity contribution is -0.114. The second kappa shape index (κ2) is 9.38. The van der Waals surface area contributed by atoms with Gasteiger partial charge in [-0.25, -0.2) is 0 Å². The summed E-state index contributed by atoms with van der Waals surface area (Å²) in [7, 11) is 0. The van der Waals surface area contributed by atoms with Crippen LogP contribution in [0.1, 0.15) is 80.9 Å². The summed E-state index contributed by atoms with van der Waals surface area (Å²) in [6.07, 6.45) is 12.0. The summed E-state index contributed by atoms with van der Waals surface area (Å²) < 4.78 is 0. The molecule has 0 unspecified atom stereocenters. The number of rotatable bonds is 6. The highest BCUT2D eigenvalue weighted by molar-refractivity contribution is 6.22. The molecule has 0 heterocycles. The topological polar surface area (TPSA) is 57.5 Å². The van der Waals surface area contributed by atoms with E-state index in [9.17, 15) is 15.0 Å². The third-order valence-corrected chi connectivity index (χ3v) is 10.2. The second-order valence-electron chi connectivity index (χ2n) is 12.8. The molecule has 0 aromatic heterocycles. The van der Waals surface area contributed by atoms with Crippen LogP contribution in [0.2, 0.25) is 0 Å². The zero-order valence-electron chi connectivity index (χ0n) is 22.2. The molecule has 3 aromatic carbocycles. The third-order valence-electron chi connectivity index (χ3n) is 10.2. The van der Waals surface area contributed by atoms with Crippen LogP contribution in [0.25, 0.3) is 27.5 Å². The average Bonchev–Trinajstić information content (AvgIpc) is 2.91. The number of aliphatic hydroxyl groups excluding tert-OH is 2. The van der Waals surface area contributed by atoms with Crippen molar-refractivity contribution in [1.29, 1.82) is 0 Å². The summed E-state index contributed by atoms with van der Waals surface area (Å²) in [6, 6.07) is 19.9. The molecule has 5 aliphatic carbocycles. The first-order valence-corrected chi connectivity index (χ1v) is 14.8. The fraction of sp³-hybridized carbons (Fsp3) is 0.457. The minimum atomic E-state index is 0.0446. The number of hydrogen-bond donors (Lipinski definition) is 2. The van der Waals surface area contributed by atoms with Crippen LogP contribution in [0, 0.1) is 17.8 Å². The Morgan fingerprint density at radius 3 is 2.03 bits per heavy atom. The number of aryl methyl sites for hydroxylation is 1. The van der Waals surface area contributed by atoms with Gasteiger partial charge in [0.25, 0.3) is 0 Å². The smallest absolute Gasteiger partial charge is 0.166 e. The maximum atomic E-state index is 12.5. The number of carbonyl (C=O) groups is 1. The number of ketones is 1. The molecule has 5 aliphatic rings. The van der Waals surface area contributed by atoms with E-state index < -0.39 is 0 Å². The van der Waals surface area contributed by atoms with Crippen molar-refractivity contribution in [2.45, 2.75) is 76.0 Å². The van der Waals surface area contributed by atoms with Gasteiger partial charge in [0, 0.05) is 19.4 Å². The van der Waals surface area contributed by atoms with Gasteiger partial charge in [-0.1, -0.05) is 42.5 Å². The lowest BCUT2D eigenvalue weighted by Crippen LogP contribution is -2.49. The molecular formula is C35H38O3. The van der Waals surface area contributed by atoms with Crippen LogP contribution in [0.5, 0.6) is 0 Å². The molecule has 38 heavy (non-hydrogen) atoms. The van der Waals surface area contributed by atoms with E-state index >= 15 is 0 Å². The average molecular weight is 507 g/mol. The van der Waals surface area contributed by atoms with Gasteiger partial charge in [0.15, 0.2) is 5.78 Å². The van der Waals surface area contributed by atoms with E-state index in [1.807, 2.05) is 12.1 Å². The molecule has 0 atom stereocenters. The van der Waals surface area contributed by atoms with Gasteiger partial charge in [-0.2, -0.15) is 0 Å². The van der Waals surface area contributed by atoms with Gasteiger partial charge in [0.1, 0.15) is 5.76 Å². The lowest BCUT2D eigenvalue weighted by Gasteiger charge is -2.57. The summed E-state index contributed by atoms with van der Waals surface area (Å²) in [6.45, 7) is 0.245. The van der Waals surface area contributed by atoms with E-state index in [4.69, 9.17) is 0 Å². The van der Waals surface area contributed by atoms with Gasteiger partial charge >= 0.3 is 0 Å². The number of allylic oxidation sites excluding steroid dienone is 2. The van der Waals surface area contributed by atoms with Crippen molar-refractivity contribution in [3.63, 3.8) is 0 Å². The quantitative estimate of drug-likeness (QED) is 0.357. The predicted octanol–water partition coefficient (Wildman–Crippen LogP) is 7.92. The van der Waals surface area contributed by atoms with Crippen molar-refractivity contribution in [2.24, 2.45) is 17.8 Å².